The molecule has 1 rings (SSSR count). The Labute approximate surface area is 132 Å². The zero-order chi connectivity index (χ0) is 17.0. The first-order valence-corrected chi connectivity index (χ1v) is 8.73. The third kappa shape index (κ3) is 5.75. The Balaban J connectivity index is 2.80. The molecule has 1 unspecified atom stereocenters. The normalized spacial score (nSPS) is 13.7. The van der Waals surface area contributed by atoms with Crippen LogP contribution < -0.4 is 15.8 Å². The molecule has 6 nitrogen and oxygen atoms in total. The van der Waals surface area contributed by atoms with Crippen molar-refractivity contribution in [3.05, 3.63) is 29.8 Å². The van der Waals surface area contributed by atoms with Crippen molar-refractivity contribution in [3.63, 3.8) is 0 Å². The Kier molecular flexibility index (Phi) is 6.10. The van der Waals surface area contributed by atoms with Crippen molar-refractivity contribution >= 4 is 15.9 Å². The van der Waals surface area contributed by atoms with E-state index in [1.54, 1.807) is 6.92 Å². The van der Waals surface area contributed by atoms with E-state index in [0.29, 0.717) is 18.5 Å². The zero-order valence-electron chi connectivity index (χ0n) is 13.5. The largest absolute Gasteiger partial charge is 0.350 e. The van der Waals surface area contributed by atoms with Crippen LogP contribution in [0.4, 0.5) is 0 Å². The zero-order valence-corrected chi connectivity index (χ0v) is 14.3. The third-order valence-corrected chi connectivity index (χ3v) is 4.71. The minimum atomic E-state index is -3.55. The molecule has 0 saturated carbocycles. The fourth-order valence-electron chi connectivity index (χ4n) is 1.61. The van der Waals surface area contributed by atoms with Gasteiger partial charge in [-0.25, -0.2) is 13.1 Å². The number of carbonyl (C=O) groups is 1. The van der Waals surface area contributed by atoms with Crippen LogP contribution in [0.15, 0.2) is 29.2 Å². The van der Waals surface area contributed by atoms with Gasteiger partial charge in [-0.05, 0) is 51.5 Å². The van der Waals surface area contributed by atoms with Crippen LogP contribution in [0.2, 0.25) is 0 Å². The highest BCUT2D eigenvalue weighted by Crippen LogP contribution is 2.12. The number of carbonyl (C=O) groups excluding carboxylic acids is 1. The number of hydrogen-bond acceptors (Lipinski definition) is 4. The summed E-state index contributed by atoms with van der Waals surface area (Å²) >= 11 is 0. The summed E-state index contributed by atoms with van der Waals surface area (Å²) in [5.74, 6) is -0.280. The Hall–Kier alpha value is -1.44. The summed E-state index contributed by atoms with van der Waals surface area (Å²) in [4.78, 5) is 12.1. The van der Waals surface area contributed by atoms with Crippen molar-refractivity contribution < 1.29 is 13.2 Å². The van der Waals surface area contributed by atoms with Gasteiger partial charge in [-0.1, -0.05) is 6.92 Å². The number of sulfonamides is 1. The van der Waals surface area contributed by atoms with Crippen LogP contribution >= 0.6 is 0 Å². The molecule has 22 heavy (non-hydrogen) atoms. The number of nitrogens with one attached hydrogen (secondary N) is 2. The first-order chi connectivity index (χ1) is 10.0. The molecule has 1 amide bonds. The minimum absolute atomic E-state index is 0.139. The second-order valence-corrected chi connectivity index (χ2v) is 7.84. The number of benzene rings is 1. The smallest absolute Gasteiger partial charge is 0.251 e. The average molecular weight is 327 g/mol. The van der Waals surface area contributed by atoms with Crippen molar-refractivity contribution in [2.45, 2.75) is 50.6 Å². The maximum Gasteiger partial charge on any atom is 0.251 e. The molecule has 4 N–H and O–H groups in total. The summed E-state index contributed by atoms with van der Waals surface area (Å²) in [6.45, 7) is 7.65. The van der Waals surface area contributed by atoms with Gasteiger partial charge in [-0.15, -0.1) is 0 Å². The van der Waals surface area contributed by atoms with Gasteiger partial charge in [-0.3, -0.25) is 4.79 Å². The van der Waals surface area contributed by atoms with Crippen LogP contribution in [0.5, 0.6) is 0 Å². The fraction of sp³-hybridized carbons (Fsp3) is 0.533. The summed E-state index contributed by atoms with van der Waals surface area (Å²) in [5.41, 5.74) is 5.69. The summed E-state index contributed by atoms with van der Waals surface area (Å²) in [6.07, 6.45) is 0.703. The van der Waals surface area contributed by atoms with Crippen LogP contribution in [0, 0.1) is 0 Å². The van der Waals surface area contributed by atoms with E-state index in [1.807, 2.05) is 20.8 Å². The van der Waals surface area contributed by atoms with E-state index in [-0.39, 0.29) is 16.8 Å². The topological polar surface area (TPSA) is 101 Å². The van der Waals surface area contributed by atoms with Gasteiger partial charge in [0.2, 0.25) is 10.0 Å². The van der Waals surface area contributed by atoms with E-state index in [0.717, 1.165) is 0 Å². The van der Waals surface area contributed by atoms with Crippen molar-refractivity contribution in [2.24, 2.45) is 5.73 Å². The SMILES string of the molecule is CCC(C)NS(=O)(=O)c1ccc(C(=O)NCC(C)(C)N)cc1. The molecule has 1 aromatic carbocycles. The maximum absolute atomic E-state index is 12.1. The van der Waals surface area contributed by atoms with E-state index >= 15 is 0 Å². The second kappa shape index (κ2) is 7.21. The monoisotopic (exact) mass is 327 g/mol. The standard InChI is InChI=1S/C15H25N3O3S/c1-5-11(2)18-22(20,21)13-8-6-12(7-9-13)14(19)17-10-15(3,4)16/h6-9,11,18H,5,10,16H2,1-4H3,(H,17,19). The predicted molar refractivity (Wildman–Crippen MR) is 87.1 cm³/mol. The molecule has 0 radical (unpaired) electrons. The molecule has 0 aromatic heterocycles. The maximum atomic E-state index is 12.1. The Bertz CT molecular complexity index is 604. The second-order valence-electron chi connectivity index (χ2n) is 6.13. The van der Waals surface area contributed by atoms with Gasteiger partial charge >= 0.3 is 0 Å². The molecule has 1 atom stereocenters. The van der Waals surface area contributed by atoms with Crippen molar-refractivity contribution in [3.8, 4) is 0 Å². The van der Waals surface area contributed by atoms with Crippen LogP contribution in [0.3, 0.4) is 0 Å². The lowest BCUT2D eigenvalue weighted by molar-refractivity contribution is 0.0946. The Morgan fingerprint density at radius 3 is 2.27 bits per heavy atom. The Morgan fingerprint density at radius 1 is 1.27 bits per heavy atom. The highest BCUT2D eigenvalue weighted by molar-refractivity contribution is 7.89. The summed E-state index contributed by atoms with van der Waals surface area (Å²) in [6, 6.07) is 5.69. The molecule has 124 valence electrons. The minimum Gasteiger partial charge on any atom is -0.350 e. The Morgan fingerprint density at radius 2 is 1.82 bits per heavy atom. The lowest BCUT2D eigenvalue weighted by Gasteiger charge is -2.19. The number of amides is 1. The van der Waals surface area contributed by atoms with Gasteiger partial charge in [0.25, 0.3) is 5.91 Å². The molecule has 0 fully saturated rings. The molecule has 0 bridgehead atoms. The van der Waals surface area contributed by atoms with E-state index < -0.39 is 15.6 Å². The van der Waals surface area contributed by atoms with Crippen LogP contribution in [0.25, 0.3) is 0 Å². The van der Waals surface area contributed by atoms with Gasteiger partial charge in [0, 0.05) is 23.7 Å². The van der Waals surface area contributed by atoms with E-state index in [1.165, 1.54) is 24.3 Å². The highest BCUT2D eigenvalue weighted by Gasteiger charge is 2.18. The van der Waals surface area contributed by atoms with Gasteiger partial charge in [0.05, 0.1) is 4.90 Å². The van der Waals surface area contributed by atoms with E-state index in [4.69, 9.17) is 5.73 Å². The van der Waals surface area contributed by atoms with Crippen LogP contribution in [-0.2, 0) is 10.0 Å². The number of hydrogen-bond donors (Lipinski definition) is 3. The predicted octanol–water partition coefficient (Wildman–Crippen LogP) is 1.23. The lowest BCUT2D eigenvalue weighted by atomic mass is 10.1. The van der Waals surface area contributed by atoms with Crippen LogP contribution in [0.1, 0.15) is 44.5 Å². The molecular weight excluding hydrogens is 302 g/mol. The first-order valence-electron chi connectivity index (χ1n) is 7.24. The first kappa shape index (κ1) is 18.6. The molecule has 0 spiro atoms. The third-order valence-electron chi connectivity index (χ3n) is 3.10. The summed E-state index contributed by atoms with van der Waals surface area (Å²) in [7, 11) is -3.55. The number of nitrogens with two attached hydrogens (primary N) is 1. The molecule has 0 aliphatic carbocycles. The lowest BCUT2D eigenvalue weighted by Crippen LogP contribution is -2.45. The quantitative estimate of drug-likeness (QED) is 0.701. The molecule has 0 aliphatic rings. The van der Waals surface area contributed by atoms with E-state index in [2.05, 4.69) is 10.0 Å². The molecule has 0 heterocycles. The van der Waals surface area contributed by atoms with Crippen LogP contribution in [-0.4, -0.2) is 32.5 Å². The van der Waals surface area contributed by atoms with Gasteiger partial charge in [-0.2, -0.15) is 0 Å². The van der Waals surface area contributed by atoms with Crippen molar-refractivity contribution in [2.75, 3.05) is 6.54 Å². The average Bonchev–Trinajstić information content (AvgIpc) is 2.43. The van der Waals surface area contributed by atoms with Gasteiger partial charge < -0.3 is 11.1 Å². The van der Waals surface area contributed by atoms with Gasteiger partial charge in [0.1, 0.15) is 0 Å². The molecule has 1 aromatic rings. The molecular formula is C15H25N3O3S. The van der Waals surface area contributed by atoms with Crippen molar-refractivity contribution in [1.29, 1.82) is 0 Å². The number of rotatable bonds is 7. The van der Waals surface area contributed by atoms with Crippen molar-refractivity contribution in [1.82, 2.24) is 10.0 Å². The van der Waals surface area contributed by atoms with E-state index in [9.17, 15) is 13.2 Å². The molecule has 0 aliphatic heterocycles. The summed E-state index contributed by atoms with van der Waals surface area (Å²) in [5, 5.41) is 2.71. The van der Waals surface area contributed by atoms with Gasteiger partial charge in [0.15, 0.2) is 0 Å². The highest BCUT2D eigenvalue weighted by atomic mass is 32.2. The fourth-order valence-corrected chi connectivity index (χ4v) is 2.94. The summed E-state index contributed by atoms with van der Waals surface area (Å²) < 4.78 is 26.8. The molecule has 7 heteroatoms. The molecule has 0 saturated heterocycles.